The molecule has 8 heteroatoms. The van der Waals surface area contributed by atoms with Gasteiger partial charge in [-0.3, -0.25) is 14.9 Å². The molecule has 0 aliphatic carbocycles. The summed E-state index contributed by atoms with van der Waals surface area (Å²) in [6, 6.07) is 5.48. The molecule has 1 heterocycles. The van der Waals surface area contributed by atoms with Gasteiger partial charge in [0.15, 0.2) is 23.2 Å². The van der Waals surface area contributed by atoms with Crippen molar-refractivity contribution in [3.05, 3.63) is 47.5 Å². The van der Waals surface area contributed by atoms with Gasteiger partial charge in [-0.2, -0.15) is 0 Å². The van der Waals surface area contributed by atoms with Crippen LogP contribution in [0.3, 0.4) is 0 Å². The number of hydrogen-bond acceptors (Lipinski definition) is 7. The van der Waals surface area contributed by atoms with E-state index in [1.807, 2.05) is 12.1 Å². The molecule has 1 aromatic heterocycles. The fraction of sp³-hybridized carbons (Fsp3) is 0.278. The molecule has 2 aromatic rings. The predicted molar refractivity (Wildman–Crippen MR) is 98.9 cm³/mol. The zero-order valence-corrected chi connectivity index (χ0v) is 15.4. The fourth-order valence-electron chi connectivity index (χ4n) is 2.09. The maximum absolute atomic E-state index is 12.0. The number of amides is 1. The molecule has 26 heavy (non-hydrogen) atoms. The number of esters is 1. The highest BCUT2D eigenvalue weighted by Crippen LogP contribution is 2.28. The molecule has 1 N–H and O–H groups in total. The minimum Gasteiger partial charge on any atom is -0.493 e. The first kappa shape index (κ1) is 19.5. The first-order chi connectivity index (χ1) is 12.5. The van der Waals surface area contributed by atoms with Crippen LogP contribution in [0.15, 0.2) is 36.2 Å². The standard InChI is InChI=1S/C18H20N2O5S/c1-4-5-12-6-7-14(15(8-12)23-2)25-10-16(21)20-18-19-13(11-26-18)9-17(22)24-3/h4,6-8,11H,1,5,9-10H2,2-3H3,(H,19,20,21). The Morgan fingerprint density at radius 1 is 1.31 bits per heavy atom. The Hall–Kier alpha value is -2.87. The molecule has 1 amide bonds. The molecule has 1 aromatic carbocycles. The smallest absolute Gasteiger partial charge is 0.311 e. The van der Waals surface area contributed by atoms with Crippen molar-refractivity contribution in [1.82, 2.24) is 4.98 Å². The third-order valence-electron chi connectivity index (χ3n) is 3.32. The summed E-state index contributed by atoms with van der Waals surface area (Å²) in [6.45, 7) is 3.51. The van der Waals surface area contributed by atoms with Crippen molar-refractivity contribution in [3.8, 4) is 11.5 Å². The number of anilines is 1. The summed E-state index contributed by atoms with van der Waals surface area (Å²) in [5.41, 5.74) is 1.58. The summed E-state index contributed by atoms with van der Waals surface area (Å²) in [5, 5.41) is 4.71. The number of benzene rings is 1. The third kappa shape index (κ3) is 5.59. The number of carbonyl (C=O) groups is 2. The molecule has 0 unspecified atom stereocenters. The summed E-state index contributed by atoms with van der Waals surface area (Å²) in [6.07, 6.45) is 2.58. The number of thiazole rings is 1. The van der Waals surface area contributed by atoms with E-state index in [2.05, 4.69) is 21.6 Å². The quantitative estimate of drug-likeness (QED) is 0.535. The molecule has 0 spiro atoms. The fourth-order valence-corrected chi connectivity index (χ4v) is 2.82. The Morgan fingerprint density at radius 2 is 2.12 bits per heavy atom. The van der Waals surface area contributed by atoms with E-state index in [9.17, 15) is 9.59 Å². The molecule has 0 saturated heterocycles. The first-order valence-corrected chi connectivity index (χ1v) is 8.65. The van der Waals surface area contributed by atoms with Crippen LogP contribution in [-0.2, 0) is 27.2 Å². The highest BCUT2D eigenvalue weighted by molar-refractivity contribution is 7.13. The lowest BCUT2D eigenvalue weighted by Gasteiger charge is -2.11. The number of rotatable bonds is 9. The van der Waals surface area contributed by atoms with Crippen molar-refractivity contribution in [1.29, 1.82) is 0 Å². The average molecular weight is 376 g/mol. The number of hydrogen-bond donors (Lipinski definition) is 1. The first-order valence-electron chi connectivity index (χ1n) is 7.77. The van der Waals surface area contributed by atoms with Crippen LogP contribution in [0.25, 0.3) is 0 Å². The molecule has 0 aliphatic heterocycles. The minimum atomic E-state index is -0.386. The van der Waals surface area contributed by atoms with Gasteiger partial charge in [0.2, 0.25) is 0 Å². The second-order valence-corrected chi connectivity index (χ2v) is 6.07. The second-order valence-electron chi connectivity index (χ2n) is 5.21. The number of ether oxygens (including phenoxy) is 3. The Bertz CT molecular complexity index is 788. The molecule has 0 bridgehead atoms. The molecule has 0 saturated carbocycles. The highest BCUT2D eigenvalue weighted by Gasteiger charge is 2.12. The maximum atomic E-state index is 12.0. The summed E-state index contributed by atoms with van der Waals surface area (Å²) in [5.74, 6) is 0.275. The van der Waals surface area contributed by atoms with E-state index in [0.717, 1.165) is 12.0 Å². The molecule has 0 fully saturated rings. The van der Waals surface area contributed by atoms with Crippen LogP contribution in [0, 0.1) is 0 Å². The number of allylic oxidation sites excluding steroid dienone is 1. The van der Waals surface area contributed by atoms with Crippen molar-refractivity contribution in [3.63, 3.8) is 0 Å². The van der Waals surface area contributed by atoms with Crippen LogP contribution in [0.2, 0.25) is 0 Å². The van der Waals surface area contributed by atoms with E-state index in [-0.39, 0.29) is 24.9 Å². The van der Waals surface area contributed by atoms with Gasteiger partial charge < -0.3 is 14.2 Å². The SMILES string of the molecule is C=CCc1ccc(OCC(=O)Nc2nc(CC(=O)OC)cs2)c(OC)c1. The van der Waals surface area contributed by atoms with E-state index in [1.165, 1.54) is 18.4 Å². The van der Waals surface area contributed by atoms with Crippen molar-refractivity contribution in [2.45, 2.75) is 12.8 Å². The Labute approximate surface area is 155 Å². The van der Waals surface area contributed by atoms with Crippen molar-refractivity contribution in [2.24, 2.45) is 0 Å². The minimum absolute atomic E-state index is 0.0631. The van der Waals surface area contributed by atoms with Gasteiger partial charge in [0.25, 0.3) is 5.91 Å². The van der Waals surface area contributed by atoms with Crippen molar-refractivity contribution >= 4 is 28.3 Å². The van der Waals surface area contributed by atoms with Crippen LogP contribution in [0.4, 0.5) is 5.13 Å². The molecule has 7 nitrogen and oxygen atoms in total. The van der Waals surface area contributed by atoms with Gasteiger partial charge in [0, 0.05) is 5.38 Å². The van der Waals surface area contributed by atoms with E-state index in [1.54, 1.807) is 24.6 Å². The summed E-state index contributed by atoms with van der Waals surface area (Å²) < 4.78 is 15.4. The molecule has 138 valence electrons. The summed E-state index contributed by atoms with van der Waals surface area (Å²) >= 11 is 1.23. The molecule has 0 atom stereocenters. The number of nitrogens with one attached hydrogen (secondary N) is 1. The van der Waals surface area contributed by atoms with Crippen molar-refractivity contribution in [2.75, 3.05) is 26.1 Å². The van der Waals surface area contributed by atoms with Crippen LogP contribution < -0.4 is 14.8 Å². The van der Waals surface area contributed by atoms with E-state index >= 15 is 0 Å². The normalized spacial score (nSPS) is 10.1. The largest absolute Gasteiger partial charge is 0.493 e. The van der Waals surface area contributed by atoms with Gasteiger partial charge in [-0.1, -0.05) is 12.1 Å². The second kappa shape index (κ2) is 9.57. The van der Waals surface area contributed by atoms with Crippen LogP contribution in [0.1, 0.15) is 11.3 Å². The zero-order chi connectivity index (χ0) is 18.9. The number of methoxy groups -OCH3 is 2. The highest BCUT2D eigenvalue weighted by atomic mass is 32.1. The molecule has 0 radical (unpaired) electrons. The molecule has 2 rings (SSSR count). The Kier molecular flexibility index (Phi) is 7.16. The Morgan fingerprint density at radius 3 is 2.81 bits per heavy atom. The summed E-state index contributed by atoms with van der Waals surface area (Å²) in [4.78, 5) is 27.4. The molecular formula is C18H20N2O5S. The van der Waals surface area contributed by atoms with E-state index in [0.29, 0.717) is 22.3 Å². The zero-order valence-electron chi connectivity index (χ0n) is 14.6. The van der Waals surface area contributed by atoms with Crippen LogP contribution >= 0.6 is 11.3 Å². The number of carbonyl (C=O) groups excluding carboxylic acids is 2. The Balaban J connectivity index is 1.90. The summed E-state index contributed by atoms with van der Waals surface area (Å²) in [7, 11) is 2.85. The van der Waals surface area contributed by atoms with Crippen LogP contribution in [0.5, 0.6) is 11.5 Å². The number of nitrogens with zero attached hydrogens (tertiary/aromatic N) is 1. The van der Waals surface area contributed by atoms with E-state index < -0.39 is 0 Å². The third-order valence-corrected chi connectivity index (χ3v) is 4.12. The monoisotopic (exact) mass is 376 g/mol. The lowest BCUT2D eigenvalue weighted by Crippen LogP contribution is -2.20. The van der Waals surface area contributed by atoms with Gasteiger partial charge in [-0.15, -0.1) is 17.9 Å². The lowest BCUT2D eigenvalue weighted by molar-refractivity contribution is -0.139. The van der Waals surface area contributed by atoms with Gasteiger partial charge in [-0.05, 0) is 24.1 Å². The molecular weight excluding hydrogens is 356 g/mol. The average Bonchev–Trinajstić information content (AvgIpc) is 3.07. The topological polar surface area (TPSA) is 86.8 Å². The maximum Gasteiger partial charge on any atom is 0.311 e. The van der Waals surface area contributed by atoms with Crippen molar-refractivity contribution < 1.29 is 23.8 Å². The van der Waals surface area contributed by atoms with E-state index in [4.69, 9.17) is 9.47 Å². The van der Waals surface area contributed by atoms with Gasteiger partial charge in [0.1, 0.15) is 0 Å². The van der Waals surface area contributed by atoms with Crippen LogP contribution in [-0.4, -0.2) is 37.7 Å². The molecule has 0 aliphatic rings. The van der Waals surface area contributed by atoms with Gasteiger partial charge >= 0.3 is 5.97 Å². The number of aromatic nitrogens is 1. The van der Waals surface area contributed by atoms with Gasteiger partial charge in [0.05, 0.1) is 26.3 Å². The van der Waals surface area contributed by atoms with Gasteiger partial charge in [-0.25, -0.2) is 4.98 Å². The lowest BCUT2D eigenvalue weighted by atomic mass is 10.1. The predicted octanol–water partition coefficient (Wildman–Crippen LogP) is 2.61.